The Morgan fingerprint density at radius 1 is 1.24 bits per heavy atom. The van der Waals surface area contributed by atoms with Crippen molar-refractivity contribution in [2.45, 2.75) is 73.1 Å². The van der Waals surface area contributed by atoms with Gasteiger partial charge in [-0.2, -0.15) is 0 Å². The third kappa shape index (κ3) is 15.4. The molecule has 1 aromatic heterocycles. The Balaban J connectivity index is 0.000000516. The number of aryl methyl sites for hydroxylation is 1. The summed E-state index contributed by atoms with van der Waals surface area (Å²) >= 11 is 0. The lowest BCUT2D eigenvalue weighted by atomic mass is 10.1. The van der Waals surface area contributed by atoms with Gasteiger partial charge >= 0.3 is 12.4 Å². The zero-order valence-electron chi connectivity index (χ0n) is 22.4. The minimum atomic E-state index is -0.801. The second-order valence-corrected chi connectivity index (χ2v) is 7.37. The number of aromatic nitrogens is 1. The number of nitrogens with two attached hydrogens (primary N) is 2. The van der Waals surface area contributed by atoms with Gasteiger partial charge in [0.05, 0.1) is 25.0 Å². The van der Waals surface area contributed by atoms with E-state index in [1.54, 1.807) is 18.2 Å². The first-order valence-electron chi connectivity index (χ1n) is 12.2. The molecule has 2 aromatic rings. The summed E-state index contributed by atoms with van der Waals surface area (Å²) in [5.74, 6) is 4.62. The van der Waals surface area contributed by atoms with Gasteiger partial charge in [0, 0.05) is 18.2 Å². The Morgan fingerprint density at radius 2 is 1.92 bits per heavy atom. The van der Waals surface area contributed by atoms with E-state index in [2.05, 4.69) is 10.1 Å². The van der Waals surface area contributed by atoms with Crippen molar-refractivity contribution in [2.24, 2.45) is 16.7 Å². The molecule has 0 saturated carbocycles. The number of pyridine rings is 1. The molecule has 1 saturated heterocycles. The number of nitrogens with one attached hydrogen (secondary N) is 2. The van der Waals surface area contributed by atoms with Crippen LogP contribution < -0.4 is 17.1 Å². The van der Waals surface area contributed by atoms with Crippen molar-refractivity contribution in [3.05, 3.63) is 65.5 Å². The maximum absolute atomic E-state index is 10.6. The first-order valence-corrected chi connectivity index (χ1v) is 12.2. The van der Waals surface area contributed by atoms with Crippen LogP contribution in [-0.4, -0.2) is 46.8 Å². The Morgan fingerprint density at radius 3 is 2.43 bits per heavy atom. The molecule has 0 radical (unpaired) electrons. The third-order valence-corrected chi connectivity index (χ3v) is 4.56. The van der Waals surface area contributed by atoms with Gasteiger partial charge in [0.25, 0.3) is 0 Å². The third-order valence-electron chi connectivity index (χ3n) is 4.56. The van der Waals surface area contributed by atoms with Gasteiger partial charge in [-0.1, -0.05) is 57.2 Å². The number of carbonyl (C=O) groups excluding carboxylic acids is 1. The fraction of sp³-hybridized carbons (Fsp3) is 0.462. The standard InChI is InChI=1S/C9H16O4.C8H11N5.C7H9NO.C2H6/c1-3-8-5-4-6-11-9(13-8)12-7(2)10;9-7(8(10)12-13-11)6-4-2-1-3-5-6;1-6-3-2-4-7(5-9)8-6;1-2/h8-9H,3-6H2,1-2H3;1-5,9,13H,11H2,(H2,10,12);2-4,9H,5H2,1H3;1-2H3. The minimum absolute atomic E-state index is 0.0294. The summed E-state index contributed by atoms with van der Waals surface area (Å²) in [4.78, 5) is 14.7. The smallest absolute Gasteiger partial charge is 0.318 e. The van der Waals surface area contributed by atoms with Crippen molar-refractivity contribution in [3.8, 4) is 0 Å². The summed E-state index contributed by atoms with van der Waals surface area (Å²) in [6.45, 7) is 9.11. The van der Waals surface area contributed by atoms with Crippen molar-refractivity contribution in [1.29, 1.82) is 5.41 Å². The molecule has 0 amide bonds. The second kappa shape index (κ2) is 20.8. The molecule has 37 heavy (non-hydrogen) atoms. The van der Waals surface area contributed by atoms with E-state index in [1.807, 2.05) is 63.6 Å². The fourth-order valence-electron chi connectivity index (χ4n) is 2.82. The molecule has 1 fully saturated rings. The summed E-state index contributed by atoms with van der Waals surface area (Å²) < 4.78 is 15.4. The predicted octanol–water partition coefficient (Wildman–Crippen LogP) is 3.14. The van der Waals surface area contributed by atoms with Crippen LogP contribution in [0, 0.1) is 12.3 Å². The molecule has 1 aliphatic heterocycles. The van der Waals surface area contributed by atoms with Crippen molar-refractivity contribution in [1.82, 2.24) is 10.5 Å². The molecule has 3 rings (SSSR count). The van der Waals surface area contributed by atoms with E-state index in [0.29, 0.717) is 12.2 Å². The van der Waals surface area contributed by atoms with E-state index in [4.69, 9.17) is 36.3 Å². The van der Waals surface area contributed by atoms with Gasteiger partial charge in [-0.15, -0.1) is 5.10 Å². The molecular formula is C26H42N6O5. The number of amidine groups is 1. The van der Waals surface area contributed by atoms with Crippen molar-refractivity contribution in [2.75, 3.05) is 6.61 Å². The summed E-state index contributed by atoms with van der Waals surface area (Å²) in [7, 11) is 0. The molecular weight excluding hydrogens is 476 g/mol. The van der Waals surface area contributed by atoms with Crippen LogP contribution in [0.2, 0.25) is 0 Å². The van der Waals surface area contributed by atoms with Crippen LogP contribution in [0.15, 0.2) is 53.6 Å². The van der Waals surface area contributed by atoms with E-state index in [9.17, 15) is 4.79 Å². The first kappa shape index (κ1) is 33.6. The Labute approximate surface area is 219 Å². The molecule has 2 heterocycles. The largest absolute Gasteiger partial charge is 0.410 e. The van der Waals surface area contributed by atoms with Gasteiger partial charge in [0.15, 0.2) is 5.84 Å². The molecule has 0 bridgehead atoms. The predicted molar refractivity (Wildman–Crippen MR) is 144 cm³/mol. The average Bonchev–Trinajstić information content (AvgIpc) is 3.15. The second-order valence-electron chi connectivity index (χ2n) is 7.37. The maximum Gasteiger partial charge on any atom is 0.318 e. The highest BCUT2D eigenvalue weighted by atomic mass is 16.9. The van der Waals surface area contributed by atoms with Crippen LogP contribution in [0.3, 0.4) is 0 Å². The maximum atomic E-state index is 10.6. The van der Waals surface area contributed by atoms with Crippen LogP contribution in [0.4, 0.5) is 0 Å². The van der Waals surface area contributed by atoms with Gasteiger partial charge in [0.2, 0.25) is 0 Å². The van der Waals surface area contributed by atoms with Gasteiger partial charge in [-0.3, -0.25) is 15.2 Å². The number of hydrogen-bond donors (Lipinski definition) is 5. The van der Waals surface area contributed by atoms with E-state index >= 15 is 0 Å². The molecule has 206 valence electrons. The molecule has 11 nitrogen and oxygen atoms in total. The molecule has 1 aliphatic rings. The lowest BCUT2D eigenvalue weighted by molar-refractivity contribution is -0.280. The highest BCUT2D eigenvalue weighted by molar-refractivity contribution is 6.45. The molecule has 2 atom stereocenters. The number of hydrazine groups is 1. The quantitative estimate of drug-likeness (QED) is 0.126. The molecule has 0 spiro atoms. The lowest BCUT2D eigenvalue weighted by Gasteiger charge is -2.18. The van der Waals surface area contributed by atoms with Crippen molar-refractivity contribution in [3.63, 3.8) is 0 Å². The SMILES string of the molecule is CC.CCC1CCCOC(OC(C)=O)O1.Cc1cccc(CO)n1.N=C(/C(N)=N/NN)c1ccccc1. The molecule has 11 heteroatoms. The van der Waals surface area contributed by atoms with Crippen LogP contribution in [-0.2, 0) is 25.6 Å². The Hall–Kier alpha value is -3.38. The van der Waals surface area contributed by atoms with Crippen LogP contribution in [0.25, 0.3) is 0 Å². The van der Waals surface area contributed by atoms with Crippen LogP contribution in [0.1, 0.15) is 63.9 Å². The normalized spacial score (nSPS) is 16.7. The topological polar surface area (TPSA) is 178 Å². The zero-order chi connectivity index (χ0) is 28.1. The van der Waals surface area contributed by atoms with E-state index in [0.717, 1.165) is 30.7 Å². The number of aliphatic hydroxyl groups excluding tert-OH is 1. The molecule has 1 aromatic carbocycles. The minimum Gasteiger partial charge on any atom is -0.410 e. The molecule has 2 unspecified atom stereocenters. The molecule has 0 aliphatic carbocycles. The fourth-order valence-corrected chi connectivity index (χ4v) is 2.82. The molecule has 7 N–H and O–H groups in total. The van der Waals surface area contributed by atoms with E-state index in [1.165, 1.54) is 6.92 Å². The zero-order valence-corrected chi connectivity index (χ0v) is 22.4. The summed E-state index contributed by atoms with van der Waals surface area (Å²) in [5, 5.41) is 19.7. The number of esters is 1. The Kier molecular flexibility index (Phi) is 18.9. The number of aliphatic hydroxyl groups is 1. The highest BCUT2D eigenvalue weighted by Gasteiger charge is 2.21. The van der Waals surface area contributed by atoms with Gasteiger partial charge in [-0.25, -0.2) is 11.4 Å². The highest BCUT2D eigenvalue weighted by Crippen LogP contribution is 2.16. The van der Waals surface area contributed by atoms with Crippen molar-refractivity contribution < 1.29 is 24.1 Å². The van der Waals surface area contributed by atoms with Gasteiger partial charge < -0.3 is 25.1 Å². The van der Waals surface area contributed by atoms with Crippen molar-refractivity contribution >= 4 is 17.5 Å². The van der Waals surface area contributed by atoms with E-state index in [-0.39, 0.29) is 30.2 Å². The monoisotopic (exact) mass is 518 g/mol. The van der Waals surface area contributed by atoms with Crippen LogP contribution in [0.5, 0.6) is 0 Å². The van der Waals surface area contributed by atoms with Crippen LogP contribution >= 0.6 is 0 Å². The van der Waals surface area contributed by atoms with Gasteiger partial charge in [0.1, 0.15) is 5.71 Å². The number of hydrogen-bond acceptors (Lipinski definition) is 10. The number of benzene rings is 1. The van der Waals surface area contributed by atoms with E-state index < -0.39 is 6.48 Å². The number of carbonyl (C=O) groups is 1. The summed E-state index contributed by atoms with van der Waals surface area (Å²) in [6.07, 6.45) is 2.98. The Bertz CT molecular complexity index is 927. The summed E-state index contributed by atoms with van der Waals surface area (Å²) in [6, 6.07) is 14.7. The first-order chi connectivity index (χ1) is 17.8. The number of rotatable bonds is 6. The number of nitrogens with zero attached hydrogens (tertiary/aromatic N) is 2. The summed E-state index contributed by atoms with van der Waals surface area (Å²) in [5.41, 5.74) is 10.0. The lowest BCUT2D eigenvalue weighted by Crippen LogP contribution is -2.29. The number of hydrazone groups is 1. The number of ether oxygens (including phenoxy) is 3. The van der Waals surface area contributed by atoms with Gasteiger partial charge in [-0.05, 0) is 38.3 Å². The average molecular weight is 519 g/mol.